The fourth-order valence-electron chi connectivity index (χ4n) is 2.62. The number of nitrogens with zero attached hydrogens (tertiary/aromatic N) is 2. The summed E-state index contributed by atoms with van der Waals surface area (Å²) in [5.74, 6) is 1.37. The van der Waals surface area contributed by atoms with Crippen LogP contribution >= 0.6 is 23.6 Å². The largest absolute Gasteiger partial charge is 0.493 e. The van der Waals surface area contributed by atoms with Crippen molar-refractivity contribution in [3.05, 3.63) is 46.2 Å². The molecular weight excluding hydrogens is 330 g/mol. The average molecular weight is 347 g/mol. The molecule has 2 N–H and O–H groups in total. The van der Waals surface area contributed by atoms with Crippen molar-refractivity contribution < 1.29 is 9.47 Å². The van der Waals surface area contributed by atoms with Crippen LogP contribution < -0.4 is 15.2 Å². The van der Waals surface area contributed by atoms with Gasteiger partial charge in [0.05, 0.1) is 30.9 Å². The van der Waals surface area contributed by atoms with Crippen molar-refractivity contribution in [1.29, 1.82) is 0 Å². The summed E-state index contributed by atoms with van der Waals surface area (Å²) >= 11 is 6.83. The monoisotopic (exact) mass is 347 g/mol. The number of hydrogen-bond donors (Lipinski definition) is 1. The Balaban J connectivity index is 1.95. The van der Waals surface area contributed by atoms with Crippen molar-refractivity contribution in [2.75, 3.05) is 14.2 Å². The van der Waals surface area contributed by atoms with E-state index in [0.29, 0.717) is 11.5 Å². The molecule has 0 saturated heterocycles. The molecule has 3 rings (SSSR count). The van der Waals surface area contributed by atoms with Crippen LogP contribution in [0.5, 0.6) is 11.5 Å². The van der Waals surface area contributed by atoms with Gasteiger partial charge < -0.3 is 15.2 Å². The summed E-state index contributed by atoms with van der Waals surface area (Å²) in [6, 6.07) is 9.85. The second-order valence-corrected chi connectivity index (χ2v) is 6.41. The van der Waals surface area contributed by atoms with E-state index in [1.807, 2.05) is 29.6 Å². The lowest BCUT2D eigenvalue weighted by Gasteiger charge is -2.22. The molecule has 2 aromatic rings. The van der Waals surface area contributed by atoms with Gasteiger partial charge >= 0.3 is 0 Å². The molecule has 1 aromatic carbocycles. The van der Waals surface area contributed by atoms with E-state index in [4.69, 9.17) is 27.4 Å². The van der Waals surface area contributed by atoms with Crippen LogP contribution in [-0.4, -0.2) is 30.1 Å². The van der Waals surface area contributed by atoms with Crippen LogP contribution in [0.25, 0.3) is 0 Å². The Morgan fingerprint density at radius 2 is 2.09 bits per heavy atom. The molecule has 0 bridgehead atoms. The zero-order chi connectivity index (χ0) is 16.4. The minimum atomic E-state index is -0.0376. The van der Waals surface area contributed by atoms with E-state index >= 15 is 0 Å². The van der Waals surface area contributed by atoms with Crippen molar-refractivity contribution in [2.24, 2.45) is 10.8 Å². The Hall–Kier alpha value is -2.12. The predicted octanol–water partition coefficient (Wildman–Crippen LogP) is 3.16. The zero-order valence-corrected chi connectivity index (χ0v) is 14.5. The van der Waals surface area contributed by atoms with Crippen molar-refractivity contribution in [3.63, 3.8) is 0 Å². The molecule has 5 nitrogen and oxygen atoms in total. The summed E-state index contributed by atoms with van der Waals surface area (Å²) in [5.41, 5.74) is 7.89. The van der Waals surface area contributed by atoms with Gasteiger partial charge in [-0.2, -0.15) is 5.10 Å². The van der Waals surface area contributed by atoms with Gasteiger partial charge in [-0.3, -0.25) is 0 Å². The number of nitrogens with two attached hydrogens (primary N) is 1. The van der Waals surface area contributed by atoms with Crippen LogP contribution in [0.15, 0.2) is 40.8 Å². The topological polar surface area (TPSA) is 60.1 Å². The van der Waals surface area contributed by atoms with Crippen LogP contribution in [0, 0.1) is 0 Å². The lowest BCUT2D eigenvalue weighted by atomic mass is 10.0. The molecule has 1 aliphatic rings. The summed E-state index contributed by atoms with van der Waals surface area (Å²) in [7, 11) is 3.24. The maximum Gasteiger partial charge on any atom is 0.187 e. The molecule has 1 atom stereocenters. The summed E-state index contributed by atoms with van der Waals surface area (Å²) < 4.78 is 10.7. The van der Waals surface area contributed by atoms with Gasteiger partial charge in [0.1, 0.15) is 0 Å². The van der Waals surface area contributed by atoms with Crippen LogP contribution in [-0.2, 0) is 0 Å². The van der Waals surface area contributed by atoms with Gasteiger partial charge in [0.25, 0.3) is 0 Å². The van der Waals surface area contributed by atoms with Crippen molar-refractivity contribution >= 4 is 34.4 Å². The Bertz CT molecular complexity index is 744. The van der Waals surface area contributed by atoms with E-state index in [1.165, 1.54) is 0 Å². The summed E-state index contributed by atoms with van der Waals surface area (Å²) in [5, 5.41) is 8.60. The third kappa shape index (κ3) is 3.02. The molecule has 7 heteroatoms. The molecule has 0 spiro atoms. The Morgan fingerprint density at radius 3 is 2.70 bits per heavy atom. The van der Waals surface area contributed by atoms with E-state index in [-0.39, 0.29) is 11.2 Å². The van der Waals surface area contributed by atoms with E-state index in [2.05, 4.69) is 11.2 Å². The maximum absolute atomic E-state index is 5.87. The highest BCUT2D eigenvalue weighted by Crippen LogP contribution is 2.37. The van der Waals surface area contributed by atoms with E-state index in [1.54, 1.807) is 30.6 Å². The summed E-state index contributed by atoms with van der Waals surface area (Å²) in [6.07, 6.45) is 0.743. The van der Waals surface area contributed by atoms with E-state index in [9.17, 15) is 0 Å². The Morgan fingerprint density at radius 1 is 1.30 bits per heavy atom. The molecule has 2 heterocycles. The second kappa shape index (κ2) is 6.55. The molecule has 0 radical (unpaired) electrons. The molecule has 1 aromatic heterocycles. The van der Waals surface area contributed by atoms with Gasteiger partial charge in [-0.15, -0.1) is 11.3 Å². The smallest absolute Gasteiger partial charge is 0.187 e. The molecule has 0 saturated carbocycles. The van der Waals surface area contributed by atoms with Crippen LogP contribution in [0.4, 0.5) is 0 Å². The van der Waals surface area contributed by atoms with Gasteiger partial charge in [0.15, 0.2) is 16.6 Å². The molecular formula is C16H17N3O2S2. The lowest BCUT2D eigenvalue weighted by Crippen LogP contribution is -2.31. The predicted molar refractivity (Wildman–Crippen MR) is 96.4 cm³/mol. The van der Waals surface area contributed by atoms with Crippen LogP contribution in [0.3, 0.4) is 0 Å². The van der Waals surface area contributed by atoms with E-state index in [0.717, 1.165) is 22.6 Å². The number of thiocarbonyl (C=S) groups is 1. The average Bonchev–Trinajstić information content (AvgIpc) is 3.23. The van der Waals surface area contributed by atoms with Crippen molar-refractivity contribution in [1.82, 2.24) is 5.01 Å². The quantitative estimate of drug-likeness (QED) is 0.861. The van der Waals surface area contributed by atoms with Gasteiger partial charge in [-0.05, 0) is 41.4 Å². The number of rotatable bonds is 4. The number of benzene rings is 1. The normalized spacial score (nSPS) is 17.0. The minimum absolute atomic E-state index is 0.0376. The first kappa shape index (κ1) is 15.8. The van der Waals surface area contributed by atoms with Crippen LogP contribution in [0.2, 0.25) is 0 Å². The molecule has 0 aliphatic carbocycles. The SMILES string of the molecule is COc1ccc([C@@H]2CC(c3cccs3)=NN2C(N)=S)cc1OC. The van der Waals surface area contributed by atoms with Crippen molar-refractivity contribution in [2.45, 2.75) is 12.5 Å². The highest BCUT2D eigenvalue weighted by atomic mass is 32.1. The number of thiophene rings is 1. The Labute approximate surface area is 144 Å². The van der Waals surface area contributed by atoms with Gasteiger partial charge in [0, 0.05) is 6.42 Å². The molecule has 120 valence electrons. The molecule has 23 heavy (non-hydrogen) atoms. The lowest BCUT2D eigenvalue weighted by molar-refractivity contribution is 0.347. The first-order chi connectivity index (χ1) is 11.1. The third-order valence-electron chi connectivity index (χ3n) is 3.73. The van der Waals surface area contributed by atoms with E-state index < -0.39 is 0 Å². The number of ether oxygens (including phenoxy) is 2. The summed E-state index contributed by atoms with van der Waals surface area (Å²) in [4.78, 5) is 1.13. The van der Waals surface area contributed by atoms with Gasteiger partial charge in [0.2, 0.25) is 0 Å². The molecule has 0 amide bonds. The number of hydrogen-bond acceptors (Lipinski definition) is 5. The minimum Gasteiger partial charge on any atom is -0.493 e. The molecule has 0 unspecified atom stereocenters. The first-order valence-corrected chi connectivity index (χ1v) is 8.34. The highest BCUT2D eigenvalue weighted by Gasteiger charge is 2.31. The molecule has 1 aliphatic heterocycles. The fourth-order valence-corrected chi connectivity index (χ4v) is 3.51. The fraction of sp³-hybridized carbons (Fsp3) is 0.250. The zero-order valence-electron chi connectivity index (χ0n) is 12.9. The number of hydrazone groups is 1. The third-order valence-corrected chi connectivity index (χ3v) is 4.84. The van der Waals surface area contributed by atoms with Crippen LogP contribution in [0.1, 0.15) is 22.9 Å². The Kier molecular flexibility index (Phi) is 4.49. The van der Waals surface area contributed by atoms with Gasteiger partial charge in [-0.1, -0.05) is 12.1 Å². The molecule has 0 fully saturated rings. The summed E-state index contributed by atoms with van der Waals surface area (Å²) in [6.45, 7) is 0. The maximum atomic E-state index is 5.87. The highest BCUT2D eigenvalue weighted by molar-refractivity contribution is 7.80. The van der Waals surface area contributed by atoms with Gasteiger partial charge in [-0.25, -0.2) is 5.01 Å². The van der Waals surface area contributed by atoms with Crippen molar-refractivity contribution in [3.8, 4) is 11.5 Å². The number of methoxy groups -OCH3 is 2. The standard InChI is InChI=1S/C16H17N3O2S2/c1-20-13-6-5-10(8-14(13)21-2)12-9-11(15-4-3-7-23-15)18-19(12)16(17)22/h3-8,12H,9H2,1-2H3,(H2,17,22)/t12-/m0/s1. The first-order valence-electron chi connectivity index (χ1n) is 7.06. The second-order valence-electron chi connectivity index (χ2n) is 5.04.